The summed E-state index contributed by atoms with van der Waals surface area (Å²) in [6, 6.07) is 8.88. The Morgan fingerprint density at radius 2 is 2.05 bits per heavy atom. The van der Waals surface area contributed by atoms with Gasteiger partial charge in [-0.15, -0.1) is 11.3 Å². The van der Waals surface area contributed by atoms with E-state index in [-0.39, 0.29) is 12.3 Å². The van der Waals surface area contributed by atoms with Gasteiger partial charge in [-0.3, -0.25) is 19.3 Å². The number of ketones is 2. The molecule has 2 aromatic rings. The highest BCUT2D eigenvalue weighted by Gasteiger charge is 2.36. The van der Waals surface area contributed by atoms with Crippen LogP contribution >= 0.6 is 11.3 Å². The quantitative estimate of drug-likeness (QED) is 0.644. The van der Waals surface area contributed by atoms with Gasteiger partial charge in [0.25, 0.3) is 11.7 Å². The number of amides is 1. The Bertz CT molecular complexity index is 734. The van der Waals surface area contributed by atoms with Crippen LogP contribution in [0.2, 0.25) is 0 Å². The summed E-state index contributed by atoms with van der Waals surface area (Å²) in [5, 5.41) is 1.81. The minimum absolute atomic E-state index is 0.0937. The molecule has 1 aliphatic rings. The lowest BCUT2D eigenvalue weighted by atomic mass is 10.1. The molecule has 2 heterocycles. The smallest absolute Gasteiger partial charge is 0.297 e. The number of fused-ring (bicyclic) bond motifs is 1. The highest BCUT2D eigenvalue weighted by molar-refractivity contribution is 7.12. The first-order chi connectivity index (χ1) is 10.1. The molecule has 0 saturated carbocycles. The molecule has 1 amide bonds. The van der Waals surface area contributed by atoms with Gasteiger partial charge in [0.15, 0.2) is 5.78 Å². The monoisotopic (exact) mass is 299 g/mol. The van der Waals surface area contributed by atoms with Crippen LogP contribution in [-0.2, 0) is 11.2 Å². The topological polar surface area (TPSA) is 54.5 Å². The summed E-state index contributed by atoms with van der Waals surface area (Å²) in [7, 11) is 0. The Kier molecular flexibility index (Phi) is 3.43. The number of carbonyl (C=O) groups is 3. The van der Waals surface area contributed by atoms with Crippen LogP contribution < -0.4 is 4.90 Å². The molecule has 0 bridgehead atoms. The molecule has 21 heavy (non-hydrogen) atoms. The zero-order valence-corrected chi connectivity index (χ0v) is 12.3. The molecule has 0 radical (unpaired) electrons. The molecule has 106 valence electrons. The van der Waals surface area contributed by atoms with Crippen molar-refractivity contribution in [2.45, 2.75) is 13.3 Å². The molecular weight excluding hydrogens is 286 g/mol. The molecule has 1 aliphatic heterocycles. The number of benzene rings is 1. The fourth-order valence-electron chi connectivity index (χ4n) is 2.38. The van der Waals surface area contributed by atoms with Crippen LogP contribution in [0.15, 0.2) is 35.7 Å². The number of hydrogen-bond donors (Lipinski definition) is 0. The average Bonchev–Trinajstić information content (AvgIpc) is 3.11. The van der Waals surface area contributed by atoms with Crippen molar-refractivity contribution in [1.82, 2.24) is 0 Å². The van der Waals surface area contributed by atoms with Crippen LogP contribution in [0.3, 0.4) is 0 Å². The Labute approximate surface area is 126 Å². The molecule has 4 nitrogen and oxygen atoms in total. The van der Waals surface area contributed by atoms with Gasteiger partial charge in [0.2, 0.25) is 0 Å². The van der Waals surface area contributed by atoms with Crippen molar-refractivity contribution in [3.8, 4) is 0 Å². The summed E-state index contributed by atoms with van der Waals surface area (Å²) in [5.41, 5.74) is 1.94. The maximum absolute atomic E-state index is 12.2. The van der Waals surface area contributed by atoms with Crippen LogP contribution in [0.5, 0.6) is 0 Å². The van der Waals surface area contributed by atoms with E-state index in [4.69, 9.17) is 0 Å². The van der Waals surface area contributed by atoms with Gasteiger partial charge in [-0.2, -0.15) is 0 Å². The van der Waals surface area contributed by atoms with E-state index in [0.717, 1.165) is 12.0 Å². The van der Waals surface area contributed by atoms with Crippen LogP contribution in [0.25, 0.3) is 0 Å². The van der Waals surface area contributed by atoms with E-state index in [2.05, 4.69) is 0 Å². The van der Waals surface area contributed by atoms with Gasteiger partial charge in [0.05, 0.1) is 22.7 Å². The van der Waals surface area contributed by atoms with Crippen LogP contribution in [0, 0.1) is 0 Å². The maximum Gasteiger partial charge on any atom is 0.299 e. The summed E-state index contributed by atoms with van der Waals surface area (Å²) in [6.07, 6.45) is 0.795. The number of anilines is 1. The number of Topliss-reactive ketones (excluding diaryl/α,β-unsaturated/α-hetero) is 2. The molecular formula is C16H13NO3S. The molecule has 0 aliphatic carbocycles. The van der Waals surface area contributed by atoms with Crippen molar-refractivity contribution in [2.75, 3.05) is 11.4 Å². The summed E-state index contributed by atoms with van der Waals surface area (Å²) in [4.78, 5) is 38.2. The van der Waals surface area contributed by atoms with Crippen molar-refractivity contribution in [2.24, 2.45) is 0 Å². The van der Waals surface area contributed by atoms with Gasteiger partial charge in [0.1, 0.15) is 0 Å². The highest BCUT2D eigenvalue weighted by atomic mass is 32.1. The number of carbonyl (C=O) groups excluding carboxylic acids is 3. The predicted octanol–water partition coefficient (Wildman–Crippen LogP) is 2.72. The molecule has 0 N–H and O–H groups in total. The number of rotatable bonds is 4. The molecule has 0 saturated heterocycles. The molecule has 3 rings (SSSR count). The Balaban J connectivity index is 1.93. The van der Waals surface area contributed by atoms with Crippen molar-refractivity contribution in [3.63, 3.8) is 0 Å². The Morgan fingerprint density at radius 1 is 1.24 bits per heavy atom. The Hall–Kier alpha value is -2.27. The van der Waals surface area contributed by atoms with E-state index in [1.165, 1.54) is 16.2 Å². The second-order valence-corrected chi connectivity index (χ2v) is 5.77. The third-order valence-corrected chi connectivity index (χ3v) is 4.45. The highest BCUT2D eigenvalue weighted by Crippen LogP contribution is 2.30. The molecule has 5 heteroatoms. The van der Waals surface area contributed by atoms with Gasteiger partial charge in [0, 0.05) is 0 Å². The van der Waals surface area contributed by atoms with E-state index < -0.39 is 11.7 Å². The summed E-state index contributed by atoms with van der Waals surface area (Å²) in [6.45, 7) is 1.89. The third-order valence-electron chi connectivity index (χ3n) is 3.54. The van der Waals surface area contributed by atoms with E-state index in [9.17, 15) is 14.4 Å². The fourth-order valence-corrected chi connectivity index (χ4v) is 3.04. The lowest BCUT2D eigenvalue weighted by Crippen LogP contribution is -2.34. The summed E-state index contributed by atoms with van der Waals surface area (Å²) < 4.78 is 0. The second-order valence-electron chi connectivity index (χ2n) is 4.83. The first kappa shape index (κ1) is 13.7. The lowest BCUT2D eigenvalue weighted by molar-refractivity contribution is -0.114. The number of thiophene rings is 1. The molecule has 0 atom stereocenters. The molecule has 0 unspecified atom stereocenters. The first-order valence-corrected chi connectivity index (χ1v) is 7.55. The first-order valence-electron chi connectivity index (χ1n) is 6.67. The van der Waals surface area contributed by atoms with E-state index >= 15 is 0 Å². The van der Waals surface area contributed by atoms with Crippen molar-refractivity contribution >= 4 is 34.5 Å². The second kappa shape index (κ2) is 5.26. The van der Waals surface area contributed by atoms with Gasteiger partial charge >= 0.3 is 0 Å². The standard InChI is InChI=1S/C16H13NO3S/c1-2-10-5-6-12-11(8-10)15(19)16(20)17(12)9-13(18)14-4-3-7-21-14/h3-8H,2,9H2,1H3. The van der Waals surface area contributed by atoms with Crippen LogP contribution in [-0.4, -0.2) is 24.0 Å². The van der Waals surface area contributed by atoms with Gasteiger partial charge in [-0.05, 0) is 35.6 Å². The Morgan fingerprint density at radius 3 is 2.71 bits per heavy atom. The fraction of sp³-hybridized carbons (Fsp3) is 0.188. The average molecular weight is 299 g/mol. The SMILES string of the molecule is CCc1ccc2c(c1)C(=O)C(=O)N2CC(=O)c1cccs1. The lowest BCUT2D eigenvalue weighted by Gasteiger charge is -2.15. The van der Waals surface area contributed by atoms with Crippen molar-refractivity contribution < 1.29 is 14.4 Å². The maximum atomic E-state index is 12.2. The van der Waals surface area contributed by atoms with E-state index in [0.29, 0.717) is 16.1 Å². The van der Waals surface area contributed by atoms with Gasteiger partial charge < -0.3 is 0 Å². The summed E-state index contributed by atoms with van der Waals surface area (Å²) in [5.74, 6) is -1.30. The zero-order chi connectivity index (χ0) is 15.0. The van der Waals surface area contributed by atoms with E-state index in [1.807, 2.05) is 18.4 Å². The predicted molar refractivity (Wildman–Crippen MR) is 81.2 cm³/mol. The number of aryl methyl sites for hydroxylation is 1. The minimum atomic E-state index is -0.622. The number of nitrogens with zero attached hydrogens (tertiary/aromatic N) is 1. The molecule has 0 spiro atoms. The molecule has 1 aromatic carbocycles. The third kappa shape index (κ3) is 2.29. The van der Waals surface area contributed by atoms with Crippen LogP contribution in [0.1, 0.15) is 32.5 Å². The zero-order valence-electron chi connectivity index (χ0n) is 11.5. The van der Waals surface area contributed by atoms with Crippen LogP contribution in [0.4, 0.5) is 5.69 Å². The molecule has 0 fully saturated rings. The normalized spacial score (nSPS) is 13.7. The van der Waals surface area contributed by atoms with Gasteiger partial charge in [-0.25, -0.2) is 0 Å². The molecule has 1 aromatic heterocycles. The van der Waals surface area contributed by atoms with Crippen molar-refractivity contribution in [1.29, 1.82) is 0 Å². The summed E-state index contributed by atoms with van der Waals surface area (Å²) >= 11 is 1.33. The van der Waals surface area contributed by atoms with Crippen molar-refractivity contribution in [3.05, 3.63) is 51.7 Å². The van der Waals surface area contributed by atoms with E-state index in [1.54, 1.807) is 24.3 Å². The largest absolute Gasteiger partial charge is 0.299 e. The number of hydrogen-bond acceptors (Lipinski definition) is 4. The van der Waals surface area contributed by atoms with Gasteiger partial charge in [-0.1, -0.05) is 19.1 Å². The minimum Gasteiger partial charge on any atom is -0.297 e.